The van der Waals surface area contributed by atoms with Crippen molar-refractivity contribution in [1.82, 2.24) is 24.9 Å². The van der Waals surface area contributed by atoms with Crippen molar-refractivity contribution < 1.29 is 4.79 Å². The Bertz CT molecular complexity index is 1390. The molecule has 0 bridgehead atoms. The lowest BCUT2D eigenvalue weighted by atomic mass is 10.1. The first-order valence-corrected chi connectivity index (χ1v) is 10.7. The third kappa shape index (κ3) is 4.56. The van der Waals surface area contributed by atoms with Gasteiger partial charge in [0.25, 0.3) is 5.91 Å². The molecule has 1 saturated heterocycles. The van der Waals surface area contributed by atoms with E-state index in [0.29, 0.717) is 40.7 Å². The van der Waals surface area contributed by atoms with Gasteiger partial charge in [-0.3, -0.25) is 9.78 Å². The van der Waals surface area contributed by atoms with Crippen molar-refractivity contribution in [2.45, 2.75) is 13.0 Å². The van der Waals surface area contributed by atoms with E-state index in [0.717, 1.165) is 22.8 Å². The van der Waals surface area contributed by atoms with Crippen LogP contribution in [0, 0.1) is 0 Å². The molecule has 164 valence electrons. The van der Waals surface area contributed by atoms with Crippen LogP contribution in [-0.2, 0) is 11.3 Å². The smallest absolute Gasteiger partial charge is 0.251 e. The van der Waals surface area contributed by atoms with Crippen molar-refractivity contribution in [3.05, 3.63) is 95.1 Å². The average molecular weight is 458 g/mol. The lowest BCUT2D eigenvalue weighted by Crippen LogP contribution is -2.12. The fraction of sp³-hybridized carbons (Fsp3) is 0.0833. The Hall–Kier alpha value is -4.17. The number of anilines is 3. The summed E-state index contributed by atoms with van der Waals surface area (Å²) in [7, 11) is 0. The van der Waals surface area contributed by atoms with Gasteiger partial charge in [-0.05, 0) is 36.4 Å². The molecule has 1 aromatic carbocycles. The summed E-state index contributed by atoms with van der Waals surface area (Å²) in [6.45, 7) is 4.34. The molecule has 0 spiro atoms. The molecule has 1 amide bonds. The molecule has 1 aliphatic heterocycles. The Morgan fingerprint density at radius 1 is 1.21 bits per heavy atom. The van der Waals surface area contributed by atoms with Crippen LogP contribution in [0.2, 0.25) is 5.02 Å². The van der Waals surface area contributed by atoms with E-state index in [1.54, 1.807) is 23.0 Å². The van der Waals surface area contributed by atoms with Gasteiger partial charge in [0, 0.05) is 46.2 Å². The number of hydrogen-bond acceptors (Lipinski definition) is 6. The number of halogens is 1. The van der Waals surface area contributed by atoms with E-state index < -0.39 is 0 Å². The topological polar surface area (TPSA) is 96.2 Å². The van der Waals surface area contributed by atoms with Crippen LogP contribution in [0.25, 0.3) is 11.7 Å². The maximum Gasteiger partial charge on any atom is 0.251 e. The largest absolute Gasteiger partial charge is 0.364 e. The molecule has 1 aliphatic rings. The molecule has 4 heterocycles. The van der Waals surface area contributed by atoms with Crippen molar-refractivity contribution in [3.8, 4) is 0 Å². The standard InChI is InChI=1S/C24H20ClN7O/c1-15-9-16(24(33)29-15)10-17-13-28-32-22(27-14-20-6-2-3-8-26-20)12-21(31-23(17)32)30-19-7-4-5-18(25)11-19/h2-8,10-13,27H,1,9,14H2,(H,29,33)(H,30,31)/b16-10+. The molecule has 33 heavy (non-hydrogen) atoms. The van der Waals surface area contributed by atoms with Gasteiger partial charge in [0.2, 0.25) is 0 Å². The van der Waals surface area contributed by atoms with Crippen LogP contribution in [0.4, 0.5) is 17.3 Å². The van der Waals surface area contributed by atoms with Crippen LogP contribution in [0.15, 0.2) is 78.8 Å². The second-order valence-corrected chi connectivity index (χ2v) is 8.01. The Morgan fingerprint density at radius 3 is 2.88 bits per heavy atom. The Morgan fingerprint density at radius 2 is 2.12 bits per heavy atom. The van der Waals surface area contributed by atoms with Crippen molar-refractivity contribution in [2.24, 2.45) is 0 Å². The van der Waals surface area contributed by atoms with E-state index in [9.17, 15) is 4.79 Å². The number of allylic oxidation sites excluding steroid dienone is 1. The molecule has 4 aromatic rings. The van der Waals surface area contributed by atoms with Crippen molar-refractivity contribution in [3.63, 3.8) is 0 Å². The molecule has 0 radical (unpaired) electrons. The monoisotopic (exact) mass is 457 g/mol. The predicted molar refractivity (Wildman–Crippen MR) is 129 cm³/mol. The number of aromatic nitrogens is 4. The number of amides is 1. The Kier molecular flexibility index (Phi) is 5.50. The first-order valence-electron chi connectivity index (χ1n) is 10.3. The minimum absolute atomic E-state index is 0.152. The van der Waals surface area contributed by atoms with Gasteiger partial charge in [-0.15, -0.1) is 0 Å². The number of rotatable bonds is 6. The minimum atomic E-state index is -0.152. The molecular weight excluding hydrogens is 438 g/mol. The molecule has 3 N–H and O–H groups in total. The van der Waals surface area contributed by atoms with Crippen LogP contribution in [0.3, 0.4) is 0 Å². The van der Waals surface area contributed by atoms with Gasteiger partial charge in [-0.2, -0.15) is 9.61 Å². The Labute approximate surface area is 195 Å². The van der Waals surface area contributed by atoms with Gasteiger partial charge in [-0.1, -0.05) is 30.3 Å². The number of nitrogens with zero attached hydrogens (tertiary/aromatic N) is 4. The number of fused-ring (bicyclic) bond motifs is 1. The number of hydrogen-bond donors (Lipinski definition) is 3. The molecule has 1 fully saturated rings. The zero-order valence-corrected chi connectivity index (χ0v) is 18.3. The number of carbonyl (C=O) groups is 1. The second-order valence-electron chi connectivity index (χ2n) is 7.58. The van der Waals surface area contributed by atoms with E-state index in [2.05, 4.69) is 32.6 Å². The minimum Gasteiger partial charge on any atom is -0.364 e. The second kappa shape index (κ2) is 8.76. The zero-order valence-electron chi connectivity index (χ0n) is 17.5. The molecule has 0 atom stereocenters. The van der Waals surface area contributed by atoms with Crippen LogP contribution in [-0.4, -0.2) is 25.5 Å². The lowest BCUT2D eigenvalue weighted by molar-refractivity contribution is -0.115. The fourth-order valence-electron chi connectivity index (χ4n) is 3.57. The lowest BCUT2D eigenvalue weighted by Gasteiger charge is -2.12. The van der Waals surface area contributed by atoms with Crippen LogP contribution in [0.1, 0.15) is 17.7 Å². The van der Waals surface area contributed by atoms with Crippen molar-refractivity contribution >= 4 is 46.6 Å². The summed E-state index contributed by atoms with van der Waals surface area (Å²) < 4.78 is 1.71. The maximum absolute atomic E-state index is 12.2. The van der Waals surface area contributed by atoms with Gasteiger partial charge in [-0.25, -0.2) is 4.98 Å². The fourth-order valence-corrected chi connectivity index (χ4v) is 3.76. The van der Waals surface area contributed by atoms with Crippen LogP contribution in [0.5, 0.6) is 0 Å². The van der Waals surface area contributed by atoms with E-state index in [4.69, 9.17) is 16.6 Å². The molecule has 0 saturated carbocycles. The maximum atomic E-state index is 12.2. The van der Waals surface area contributed by atoms with E-state index in [-0.39, 0.29) is 5.91 Å². The SMILES string of the molecule is C=C1C/C(=C\c2cnn3c(NCc4ccccn4)cc(Nc4cccc(Cl)c4)nc23)C(=O)N1. The molecule has 8 nitrogen and oxygen atoms in total. The number of pyridine rings is 1. The predicted octanol–water partition coefficient (Wildman–Crippen LogP) is 4.55. The highest BCUT2D eigenvalue weighted by Crippen LogP contribution is 2.26. The van der Waals surface area contributed by atoms with Gasteiger partial charge in [0.15, 0.2) is 5.65 Å². The summed E-state index contributed by atoms with van der Waals surface area (Å²) in [5.41, 5.74) is 4.32. The van der Waals surface area contributed by atoms with Crippen molar-refractivity contribution in [1.29, 1.82) is 0 Å². The van der Waals surface area contributed by atoms with Gasteiger partial charge in [0.05, 0.1) is 18.4 Å². The van der Waals surface area contributed by atoms with Crippen LogP contribution >= 0.6 is 11.6 Å². The van der Waals surface area contributed by atoms with Gasteiger partial charge < -0.3 is 16.0 Å². The highest BCUT2D eigenvalue weighted by molar-refractivity contribution is 6.30. The van der Waals surface area contributed by atoms with Crippen LogP contribution < -0.4 is 16.0 Å². The number of carbonyl (C=O) groups excluding carboxylic acids is 1. The Balaban J connectivity index is 1.55. The highest BCUT2D eigenvalue weighted by Gasteiger charge is 2.21. The summed E-state index contributed by atoms with van der Waals surface area (Å²) >= 11 is 6.14. The number of nitrogens with one attached hydrogen (secondary N) is 3. The van der Waals surface area contributed by atoms with Gasteiger partial charge in [0.1, 0.15) is 11.6 Å². The zero-order chi connectivity index (χ0) is 22.8. The quantitative estimate of drug-likeness (QED) is 0.367. The summed E-state index contributed by atoms with van der Waals surface area (Å²) in [6.07, 6.45) is 5.72. The third-order valence-electron chi connectivity index (χ3n) is 5.09. The number of benzene rings is 1. The summed E-state index contributed by atoms with van der Waals surface area (Å²) in [4.78, 5) is 21.3. The molecular formula is C24H20ClN7O. The summed E-state index contributed by atoms with van der Waals surface area (Å²) in [5, 5.41) is 14.5. The van der Waals surface area contributed by atoms with Gasteiger partial charge >= 0.3 is 0 Å². The van der Waals surface area contributed by atoms with E-state index in [1.165, 1.54) is 0 Å². The van der Waals surface area contributed by atoms with E-state index in [1.807, 2.05) is 48.5 Å². The molecule has 5 rings (SSSR count). The highest BCUT2D eigenvalue weighted by atomic mass is 35.5. The third-order valence-corrected chi connectivity index (χ3v) is 5.32. The first kappa shape index (κ1) is 20.7. The summed E-state index contributed by atoms with van der Waals surface area (Å²) in [6, 6.07) is 15.0. The first-order chi connectivity index (χ1) is 16.0. The molecule has 9 heteroatoms. The summed E-state index contributed by atoms with van der Waals surface area (Å²) in [5.74, 6) is 1.18. The van der Waals surface area contributed by atoms with Crippen molar-refractivity contribution in [2.75, 3.05) is 10.6 Å². The molecule has 0 aliphatic carbocycles. The van der Waals surface area contributed by atoms with E-state index >= 15 is 0 Å². The normalized spacial score (nSPS) is 14.6. The molecule has 3 aromatic heterocycles. The average Bonchev–Trinajstić information content (AvgIpc) is 3.35. The molecule has 0 unspecified atom stereocenters.